The first-order valence-corrected chi connectivity index (χ1v) is 4.67. The average molecular weight is 225 g/mol. The van der Waals surface area contributed by atoms with E-state index in [0.717, 1.165) is 0 Å². The van der Waals surface area contributed by atoms with Gasteiger partial charge in [0.05, 0.1) is 19.0 Å². The molecule has 0 aliphatic carbocycles. The molecule has 0 amide bonds. The van der Waals surface area contributed by atoms with Gasteiger partial charge >= 0.3 is 0 Å². The number of aliphatic hydroxyl groups is 2. The molecule has 0 spiro atoms. The molecule has 0 fully saturated rings. The van der Waals surface area contributed by atoms with Crippen molar-refractivity contribution in [2.24, 2.45) is 0 Å². The number of fused-ring (bicyclic) bond motifs is 1. The second kappa shape index (κ2) is 4.29. The zero-order valence-corrected chi connectivity index (χ0v) is 8.27. The van der Waals surface area contributed by atoms with E-state index in [-0.39, 0.29) is 24.7 Å². The third-order valence-electron chi connectivity index (χ3n) is 2.01. The van der Waals surface area contributed by atoms with Crippen LogP contribution < -0.4 is 10.9 Å². The van der Waals surface area contributed by atoms with Gasteiger partial charge in [0.15, 0.2) is 11.2 Å². The van der Waals surface area contributed by atoms with Gasteiger partial charge in [0.2, 0.25) is 5.95 Å². The zero-order chi connectivity index (χ0) is 11.5. The Hall–Kier alpha value is -1.93. The standard InChI is InChI=1S/C8H11N5O3/c14-2-4(15)1-9-8-12-6-5(7(16)13-8)10-3-11-6/h3-4,14-15H,1-2H2,(H3,9,10,11,12,13,16). The summed E-state index contributed by atoms with van der Waals surface area (Å²) in [7, 11) is 0. The van der Waals surface area contributed by atoms with Crippen molar-refractivity contribution in [3.63, 3.8) is 0 Å². The quantitative estimate of drug-likeness (QED) is 0.427. The fraction of sp³-hybridized carbons (Fsp3) is 0.375. The van der Waals surface area contributed by atoms with Gasteiger partial charge in [0.25, 0.3) is 5.56 Å². The summed E-state index contributed by atoms with van der Waals surface area (Å²) in [5, 5.41) is 20.4. The maximum absolute atomic E-state index is 11.5. The first-order valence-electron chi connectivity index (χ1n) is 4.67. The van der Waals surface area contributed by atoms with Gasteiger partial charge in [-0.15, -0.1) is 0 Å². The monoisotopic (exact) mass is 225 g/mol. The Labute approximate surface area is 89.4 Å². The topological polar surface area (TPSA) is 127 Å². The number of nitrogens with zero attached hydrogens (tertiary/aromatic N) is 2. The first-order chi connectivity index (χ1) is 7.70. The molecule has 0 saturated heterocycles. The minimum atomic E-state index is -0.903. The van der Waals surface area contributed by atoms with Crippen LogP contribution in [0.1, 0.15) is 0 Å². The number of aliphatic hydroxyl groups excluding tert-OH is 2. The smallest absolute Gasteiger partial charge is 0.278 e. The van der Waals surface area contributed by atoms with Crippen molar-refractivity contribution in [3.8, 4) is 0 Å². The van der Waals surface area contributed by atoms with Crippen molar-refractivity contribution < 1.29 is 10.2 Å². The van der Waals surface area contributed by atoms with Gasteiger partial charge in [-0.05, 0) is 0 Å². The van der Waals surface area contributed by atoms with Crippen molar-refractivity contribution in [1.29, 1.82) is 0 Å². The van der Waals surface area contributed by atoms with E-state index in [0.29, 0.717) is 11.2 Å². The predicted octanol–water partition coefficient (Wildman–Crippen LogP) is -1.59. The SMILES string of the molecule is O=c1[nH]c(NCC(O)CO)nc2nc[nH]c12. The number of hydrogen-bond donors (Lipinski definition) is 5. The summed E-state index contributed by atoms with van der Waals surface area (Å²) < 4.78 is 0. The molecule has 8 heteroatoms. The lowest BCUT2D eigenvalue weighted by molar-refractivity contribution is 0.105. The van der Waals surface area contributed by atoms with Crippen LogP contribution in [-0.2, 0) is 0 Å². The summed E-state index contributed by atoms with van der Waals surface area (Å²) in [5.41, 5.74) is 0.251. The molecule has 0 radical (unpaired) electrons. The summed E-state index contributed by atoms with van der Waals surface area (Å²) in [5.74, 6) is 0.206. The highest BCUT2D eigenvalue weighted by Crippen LogP contribution is 2.02. The zero-order valence-electron chi connectivity index (χ0n) is 8.27. The molecule has 2 aromatic heterocycles. The Morgan fingerprint density at radius 1 is 1.56 bits per heavy atom. The molecule has 0 bridgehead atoms. The van der Waals surface area contributed by atoms with Crippen LogP contribution in [0.3, 0.4) is 0 Å². The van der Waals surface area contributed by atoms with E-state index in [1.54, 1.807) is 0 Å². The molecule has 1 unspecified atom stereocenters. The Bertz CT molecular complexity index is 534. The van der Waals surface area contributed by atoms with E-state index < -0.39 is 6.10 Å². The van der Waals surface area contributed by atoms with Crippen molar-refractivity contribution >= 4 is 17.1 Å². The molecule has 1 atom stereocenters. The van der Waals surface area contributed by atoms with Gasteiger partial charge in [-0.3, -0.25) is 9.78 Å². The second-order valence-electron chi connectivity index (χ2n) is 3.23. The van der Waals surface area contributed by atoms with E-state index in [4.69, 9.17) is 10.2 Å². The number of aromatic nitrogens is 4. The van der Waals surface area contributed by atoms with E-state index in [1.807, 2.05) is 0 Å². The molecule has 0 aromatic carbocycles. The summed E-state index contributed by atoms with van der Waals surface area (Å²) in [6.45, 7) is -0.267. The van der Waals surface area contributed by atoms with Crippen molar-refractivity contribution in [2.45, 2.75) is 6.10 Å². The van der Waals surface area contributed by atoms with Crippen LogP contribution in [0.5, 0.6) is 0 Å². The van der Waals surface area contributed by atoms with E-state index >= 15 is 0 Å². The van der Waals surface area contributed by atoms with Crippen LogP contribution in [-0.4, -0.2) is 49.4 Å². The molecule has 5 N–H and O–H groups in total. The minimum absolute atomic E-state index is 0.0926. The third-order valence-corrected chi connectivity index (χ3v) is 2.01. The number of anilines is 1. The Morgan fingerprint density at radius 3 is 3.12 bits per heavy atom. The number of hydrogen-bond acceptors (Lipinski definition) is 6. The number of aromatic amines is 2. The van der Waals surface area contributed by atoms with Gasteiger partial charge in [-0.25, -0.2) is 4.98 Å². The average Bonchev–Trinajstić information content (AvgIpc) is 2.74. The van der Waals surface area contributed by atoms with Crippen LogP contribution >= 0.6 is 0 Å². The maximum Gasteiger partial charge on any atom is 0.278 e. The number of rotatable bonds is 4. The molecule has 2 aromatic rings. The lowest BCUT2D eigenvalue weighted by Gasteiger charge is -2.08. The van der Waals surface area contributed by atoms with E-state index in [2.05, 4.69) is 25.3 Å². The van der Waals surface area contributed by atoms with Crippen molar-refractivity contribution in [2.75, 3.05) is 18.5 Å². The summed E-state index contributed by atoms with van der Waals surface area (Å²) in [4.78, 5) is 24.4. The van der Waals surface area contributed by atoms with Crippen molar-refractivity contribution in [1.82, 2.24) is 19.9 Å². The van der Waals surface area contributed by atoms with Crippen LogP contribution in [0.15, 0.2) is 11.1 Å². The van der Waals surface area contributed by atoms with Gasteiger partial charge < -0.3 is 20.5 Å². The van der Waals surface area contributed by atoms with Gasteiger partial charge in [0, 0.05) is 6.54 Å². The number of imidazole rings is 1. The molecule has 0 aliphatic heterocycles. The number of H-pyrrole nitrogens is 2. The van der Waals surface area contributed by atoms with E-state index in [9.17, 15) is 4.79 Å². The molecular formula is C8H11N5O3. The molecule has 0 aliphatic rings. The van der Waals surface area contributed by atoms with Crippen LogP contribution in [0.2, 0.25) is 0 Å². The van der Waals surface area contributed by atoms with Crippen LogP contribution in [0, 0.1) is 0 Å². The molecule has 2 rings (SSSR count). The lowest BCUT2D eigenvalue weighted by atomic mass is 10.4. The fourth-order valence-electron chi connectivity index (χ4n) is 1.21. The molecule has 8 nitrogen and oxygen atoms in total. The second-order valence-corrected chi connectivity index (χ2v) is 3.23. The van der Waals surface area contributed by atoms with Crippen LogP contribution in [0.4, 0.5) is 5.95 Å². The fourth-order valence-corrected chi connectivity index (χ4v) is 1.21. The Kier molecular flexibility index (Phi) is 2.84. The maximum atomic E-state index is 11.5. The highest BCUT2D eigenvalue weighted by Gasteiger charge is 2.07. The largest absolute Gasteiger partial charge is 0.394 e. The van der Waals surface area contributed by atoms with Gasteiger partial charge in [-0.2, -0.15) is 4.98 Å². The third kappa shape index (κ3) is 2.02. The highest BCUT2D eigenvalue weighted by molar-refractivity contribution is 5.69. The lowest BCUT2D eigenvalue weighted by Crippen LogP contribution is -2.25. The molecule has 0 saturated carbocycles. The summed E-state index contributed by atoms with van der Waals surface area (Å²) in [6, 6.07) is 0. The minimum Gasteiger partial charge on any atom is -0.394 e. The molecule has 86 valence electrons. The Balaban J connectivity index is 2.22. The van der Waals surface area contributed by atoms with Crippen molar-refractivity contribution in [3.05, 3.63) is 16.7 Å². The predicted molar refractivity (Wildman–Crippen MR) is 56.1 cm³/mol. The molecular weight excluding hydrogens is 214 g/mol. The van der Waals surface area contributed by atoms with Gasteiger partial charge in [0.1, 0.15) is 0 Å². The molecule has 16 heavy (non-hydrogen) atoms. The van der Waals surface area contributed by atoms with Gasteiger partial charge in [-0.1, -0.05) is 0 Å². The summed E-state index contributed by atoms with van der Waals surface area (Å²) in [6.07, 6.45) is 0.472. The summed E-state index contributed by atoms with van der Waals surface area (Å²) >= 11 is 0. The highest BCUT2D eigenvalue weighted by atomic mass is 16.3. The Morgan fingerprint density at radius 2 is 2.38 bits per heavy atom. The normalized spacial score (nSPS) is 12.9. The van der Waals surface area contributed by atoms with Crippen LogP contribution in [0.25, 0.3) is 11.2 Å². The van der Waals surface area contributed by atoms with E-state index in [1.165, 1.54) is 6.33 Å². The first kappa shape index (κ1) is 10.6. The molecule has 2 heterocycles. The number of nitrogens with one attached hydrogen (secondary N) is 3.